The monoisotopic (exact) mass is 321 g/mol. The van der Waals surface area contributed by atoms with Gasteiger partial charge in [0.05, 0.1) is 23.8 Å². The zero-order valence-corrected chi connectivity index (χ0v) is 11.2. The fourth-order valence-electron chi connectivity index (χ4n) is 1.41. The first-order chi connectivity index (χ1) is 8.42. The molecular formula is C9H12BrN3O5. The van der Waals surface area contributed by atoms with E-state index < -0.39 is 28.0 Å². The summed E-state index contributed by atoms with van der Waals surface area (Å²) in [5, 5.41) is 20.3. The number of halogens is 1. The van der Waals surface area contributed by atoms with E-state index in [1.54, 1.807) is 6.92 Å². The second-order valence-corrected chi connectivity index (χ2v) is 4.21. The SMILES string of the molecule is CCn1cc([N+](=O)[O-])c(=O)n(CC(O)CBr)c1=O. The third kappa shape index (κ3) is 2.85. The smallest absolute Gasteiger partial charge is 0.350 e. The largest absolute Gasteiger partial charge is 0.390 e. The van der Waals surface area contributed by atoms with Crippen molar-refractivity contribution >= 4 is 21.6 Å². The fraction of sp³-hybridized carbons (Fsp3) is 0.556. The Balaban J connectivity index is 3.48. The maximum absolute atomic E-state index is 11.8. The highest BCUT2D eigenvalue weighted by atomic mass is 79.9. The van der Waals surface area contributed by atoms with Crippen LogP contribution in [0.1, 0.15) is 6.92 Å². The predicted octanol–water partition coefficient (Wildman–Crippen LogP) is -0.306. The number of aliphatic hydroxyl groups is 1. The average Bonchev–Trinajstić information content (AvgIpc) is 2.33. The highest BCUT2D eigenvalue weighted by molar-refractivity contribution is 9.09. The summed E-state index contributed by atoms with van der Waals surface area (Å²) in [6.07, 6.45) is -0.0514. The summed E-state index contributed by atoms with van der Waals surface area (Å²) < 4.78 is 1.73. The van der Waals surface area contributed by atoms with Crippen molar-refractivity contribution in [3.05, 3.63) is 37.1 Å². The minimum Gasteiger partial charge on any atom is -0.390 e. The Bertz CT molecular complexity index is 564. The molecule has 0 saturated carbocycles. The Labute approximate surface area is 110 Å². The molecule has 0 radical (unpaired) electrons. The number of nitrogens with zero attached hydrogens (tertiary/aromatic N) is 3. The summed E-state index contributed by atoms with van der Waals surface area (Å²) in [6, 6.07) is 0. The van der Waals surface area contributed by atoms with Gasteiger partial charge in [0.2, 0.25) is 0 Å². The number of hydrogen-bond acceptors (Lipinski definition) is 5. The van der Waals surface area contributed by atoms with Crippen LogP contribution in [0.3, 0.4) is 0 Å². The molecule has 8 nitrogen and oxygen atoms in total. The van der Waals surface area contributed by atoms with E-state index in [9.17, 15) is 24.8 Å². The van der Waals surface area contributed by atoms with Crippen molar-refractivity contribution in [1.82, 2.24) is 9.13 Å². The Morgan fingerprint density at radius 3 is 2.61 bits per heavy atom. The van der Waals surface area contributed by atoms with Gasteiger partial charge in [0, 0.05) is 11.9 Å². The molecular weight excluding hydrogens is 310 g/mol. The topological polar surface area (TPSA) is 107 Å². The summed E-state index contributed by atoms with van der Waals surface area (Å²) in [6.45, 7) is 1.54. The Morgan fingerprint density at radius 1 is 1.56 bits per heavy atom. The quantitative estimate of drug-likeness (QED) is 0.455. The van der Waals surface area contributed by atoms with Gasteiger partial charge in [-0.25, -0.2) is 4.79 Å². The normalized spacial score (nSPS) is 12.4. The van der Waals surface area contributed by atoms with Crippen LogP contribution in [0.15, 0.2) is 15.8 Å². The molecule has 1 N–H and O–H groups in total. The molecule has 0 aliphatic heterocycles. The van der Waals surface area contributed by atoms with Gasteiger partial charge in [-0.2, -0.15) is 0 Å². The van der Waals surface area contributed by atoms with Crippen LogP contribution in [0.4, 0.5) is 5.69 Å². The maximum Gasteiger partial charge on any atom is 0.350 e. The first kappa shape index (κ1) is 14.6. The van der Waals surface area contributed by atoms with Crippen LogP contribution in [0.2, 0.25) is 0 Å². The lowest BCUT2D eigenvalue weighted by molar-refractivity contribution is -0.387. The Hall–Kier alpha value is -1.48. The molecule has 9 heteroatoms. The molecule has 1 unspecified atom stereocenters. The molecule has 0 spiro atoms. The van der Waals surface area contributed by atoms with Gasteiger partial charge in [-0.3, -0.25) is 24.0 Å². The summed E-state index contributed by atoms with van der Waals surface area (Å²) in [5.41, 5.74) is -2.36. The molecule has 1 atom stereocenters. The van der Waals surface area contributed by atoms with Crippen LogP contribution in [0.25, 0.3) is 0 Å². The lowest BCUT2D eigenvalue weighted by atomic mass is 10.4. The standard InChI is InChI=1S/C9H12BrN3O5/c1-2-11-5-7(13(17)18)8(15)12(9(11)16)4-6(14)3-10/h5-6,14H,2-4H2,1H3. The number of aliphatic hydroxyl groups excluding tert-OH is 1. The van der Waals surface area contributed by atoms with Gasteiger partial charge in [-0.15, -0.1) is 0 Å². The van der Waals surface area contributed by atoms with Crippen molar-refractivity contribution in [2.75, 3.05) is 5.33 Å². The van der Waals surface area contributed by atoms with Crippen LogP contribution in [-0.4, -0.2) is 30.6 Å². The zero-order valence-electron chi connectivity index (χ0n) is 9.58. The first-order valence-electron chi connectivity index (χ1n) is 5.15. The molecule has 0 bridgehead atoms. The van der Waals surface area contributed by atoms with Crippen molar-refractivity contribution in [1.29, 1.82) is 0 Å². The van der Waals surface area contributed by atoms with Gasteiger partial charge in [0.1, 0.15) is 0 Å². The lowest BCUT2D eigenvalue weighted by Gasteiger charge is -2.11. The molecule has 0 fully saturated rings. The molecule has 100 valence electrons. The molecule has 0 aliphatic rings. The van der Waals surface area contributed by atoms with E-state index in [-0.39, 0.29) is 18.4 Å². The molecule has 0 aromatic carbocycles. The van der Waals surface area contributed by atoms with Gasteiger partial charge < -0.3 is 5.11 Å². The molecule has 1 heterocycles. The van der Waals surface area contributed by atoms with Crippen molar-refractivity contribution in [2.45, 2.75) is 26.1 Å². The molecule has 1 aromatic heterocycles. The number of aromatic nitrogens is 2. The minimum atomic E-state index is -1.00. The molecule has 0 amide bonds. The number of nitro groups is 1. The van der Waals surface area contributed by atoms with Crippen molar-refractivity contribution in [3.63, 3.8) is 0 Å². The second-order valence-electron chi connectivity index (χ2n) is 3.56. The van der Waals surface area contributed by atoms with Crippen LogP contribution < -0.4 is 11.2 Å². The van der Waals surface area contributed by atoms with Crippen molar-refractivity contribution < 1.29 is 10.0 Å². The van der Waals surface area contributed by atoms with E-state index in [2.05, 4.69) is 15.9 Å². The molecule has 0 saturated heterocycles. The summed E-state index contributed by atoms with van der Waals surface area (Å²) in [5.74, 6) is 0. The van der Waals surface area contributed by atoms with Crippen LogP contribution in [0.5, 0.6) is 0 Å². The summed E-state index contributed by atoms with van der Waals surface area (Å²) in [4.78, 5) is 33.4. The van der Waals surface area contributed by atoms with E-state index in [0.29, 0.717) is 4.57 Å². The van der Waals surface area contributed by atoms with Gasteiger partial charge >= 0.3 is 16.9 Å². The summed E-state index contributed by atoms with van der Waals surface area (Å²) >= 11 is 3.00. The second kappa shape index (κ2) is 5.91. The minimum absolute atomic E-state index is 0.160. The molecule has 1 rings (SSSR count). The van der Waals surface area contributed by atoms with E-state index in [4.69, 9.17) is 0 Å². The van der Waals surface area contributed by atoms with Gasteiger partial charge in [-0.05, 0) is 6.92 Å². The highest BCUT2D eigenvalue weighted by Gasteiger charge is 2.20. The third-order valence-corrected chi connectivity index (χ3v) is 3.08. The fourth-order valence-corrected chi connectivity index (χ4v) is 1.62. The zero-order chi connectivity index (χ0) is 13.9. The third-order valence-electron chi connectivity index (χ3n) is 2.33. The highest BCUT2D eigenvalue weighted by Crippen LogP contribution is 2.01. The van der Waals surface area contributed by atoms with Crippen molar-refractivity contribution in [2.24, 2.45) is 0 Å². The lowest BCUT2D eigenvalue weighted by Crippen LogP contribution is -2.42. The van der Waals surface area contributed by atoms with E-state index in [0.717, 1.165) is 10.8 Å². The van der Waals surface area contributed by atoms with E-state index >= 15 is 0 Å². The van der Waals surface area contributed by atoms with Crippen LogP contribution in [-0.2, 0) is 13.1 Å². The molecule has 0 aliphatic carbocycles. The van der Waals surface area contributed by atoms with Crippen LogP contribution >= 0.6 is 15.9 Å². The first-order valence-corrected chi connectivity index (χ1v) is 6.27. The van der Waals surface area contributed by atoms with E-state index in [1.807, 2.05) is 0 Å². The number of rotatable bonds is 5. The Morgan fingerprint density at radius 2 is 2.17 bits per heavy atom. The molecule has 1 aromatic rings. The van der Waals surface area contributed by atoms with E-state index in [1.165, 1.54) is 0 Å². The van der Waals surface area contributed by atoms with Gasteiger partial charge in [0.15, 0.2) is 0 Å². The number of aryl methyl sites for hydroxylation is 1. The van der Waals surface area contributed by atoms with Crippen molar-refractivity contribution in [3.8, 4) is 0 Å². The van der Waals surface area contributed by atoms with Gasteiger partial charge in [0.25, 0.3) is 0 Å². The number of hydrogen-bond donors (Lipinski definition) is 1. The van der Waals surface area contributed by atoms with Crippen LogP contribution in [0, 0.1) is 10.1 Å². The van der Waals surface area contributed by atoms with Gasteiger partial charge in [-0.1, -0.05) is 15.9 Å². The Kier molecular flexibility index (Phi) is 4.79. The average molecular weight is 322 g/mol. The number of alkyl halides is 1. The molecule has 18 heavy (non-hydrogen) atoms. The summed E-state index contributed by atoms with van der Waals surface area (Å²) in [7, 11) is 0. The predicted molar refractivity (Wildman–Crippen MR) is 67.1 cm³/mol. The maximum atomic E-state index is 11.8.